The molecule has 5 nitrogen and oxygen atoms in total. The van der Waals surface area contributed by atoms with Crippen LogP contribution in [0, 0.1) is 0 Å². The van der Waals surface area contributed by atoms with Gasteiger partial charge in [-0.2, -0.15) is 0 Å². The van der Waals surface area contributed by atoms with Crippen LogP contribution in [-0.2, 0) is 11.3 Å². The zero-order valence-electron chi connectivity index (χ0n) is 12.6. The molecule has 0 spiro atoms. The zero-order chi connectivity index (χ0) is 14.8. The Morgan fingerprint density at radius 3 is 2.85 bits per heavy atom. The van der Waals surface area contributed by atoms with E-state index in [1.165, 1.54) is 6.07 Å². The van der Waals surface area contributed by atoms with E-state index in [9.17, 15) is 4.79 Å². The number of morpholine rings is 1. The molecule has 0 radical (unpaired) electrons. The Labute approximate surface area is 120 Å². The Hall–Kier alpha value is -1.33. The molecule has 1 aromatic heterocycles. The van der Waals surface area contributed by atoms with Crippen molar-refractivity contribution < 1.29 is 4.74 Å². The molecule has 112 valence electrons. The van der Waals surface area contributed by atoms with Crippen LogP contribution in [0.15, 0.2) is 23.1 Å². The fourth-order valence-corrected chi connectivity index (χ4v) is 2.95. The van der Waals surface area contributed by atoms with Crippen LogP contribution >= 0.6 is 0 Å². The first-order chi connectivity index (χ1) is 9.35. The molecule has 0 bridgehead atoms. The summed E-state index contributed by atoms with van der Waals surface area (Å²) in [5.41, 5.74) is 6.26. The highest BCUT2D eigenvalue weighted by molar-refractivity contribution is 5.33. The van der Waals surface area contributed by atoms with E-state index in [-0.39, 0.29) is 17.3 Å². The van der Waals surface area contributed by atoms with Gasteiger partial charge in [0.2, 0.25) is 0 Å². The fraction of sp³-hybridized carbons (Fsp3) is 0.667. The van der Waals surface area contributed by atoms with Gasteiger partial charge in [-0.3, -0.25) is 9.69 Å². The minimum atomic E-state index is -0.0916. The van der Waals surface area contributed by atoms with Crippen molar-refractivity contribution in [2.75, 3.05) is 25.4 Å². The lowest BCUT2D eigenvalue weighted by molar-refractivity contribution is -0.128. The summed E-state index contributed by atoms with van der Waals surface area (Å²) in [7, 11) is 0. The largest absolute Gasteiger partial charge is 0.398 e. The van der Waals surface area contributed by atoms with Gasteiger partial charge in [-0.1, -0.05) is 0 Å². The highest BCUT2D eigenvalue weighted by atomic mass is 16.5. The van der Waals surface area contributed by atoms with Gasteiger partial charge in [0.15, 0.2) is 0 Å². The molecular weight excluding hydrogens is 254 g/mol. The van der Waals surface area contributed by atoms with Gasteiger partial charge in [0.1, 0.15) is 0 Å². The van der Waals surface area contributed by atoms with Gasteiger partial charge in [-0.05, 0) is 33.3 Å². The van der Waals surface area contributed by atoms with Gasteiger partial charge in [0.05, 0.1) is 11.7 Å². The fourth-order valence-electron chi connectivity index (χ4n) is 2.95. The van der Waals surface area contributed by atoms with E-state index in [4.69, 9.17) is 10.5 Å². The molecule has 5 heteroatoms. The van der Waals surface area contributed by atoms with Crippen molar-refractivity contribution >= 4 is 5.69 Å². The number of nitrogen functional groups attached to an aromatic ring is 1. The third-order valence-electron chi connectivity index (χ3n) is 3.52. The van der Waals surface area contributed by atoms with Gasteiger partial charge in [-0.25, -0.2) is 0 Å². The van der Waals surface area contributed by atoms with Gasteiger partial charge >= 0.3 is 0 Å². The Morgan fingerprint density at radius 2 is 2.15 bits per heavy atom. The number of rotatable bonds is 4. The highest BCUT2D eigenvalue weighted by Crippen LogP contribution is 2.20. The number of hydrogen-bond acceptors (Lipinski definition) is 4. The lowest BCUT2D eigenvalue weighted by Gasteiger charge is -2.41. The number of nitrogens with zero attached hydrogens (tertiary/aromatic N) is 2. The minimum absolute atomic E-state index is 0.00914. The first-order valence-corrected chi connectivity index (χ1v) is 7.22. The molecule has 0 saturated carbocycles. The van der Waals surface area contributed by atoms with Crippen molar-refractivity contribution in [1.29, 1.82) is 0 Å². The summed E-state index contributed by atoms with van der Waals surface area (Å²) >= 11 is 0. The lowest BCUT2D eigenvalue weighted by Crippen LogP contribution is -2.52. The molecule has 1 fully saturated rings. The van der Waals surface area contributed by atoms with E-state index >= 15 is 0 Å². The quantitative estimate of drug-likeness (QED) is 0.903. The maximum absolute atomic E-state index is 11.7. The second kappa shape index (κ2) is 5.97. The number of nitrogens with two attached hydrogens (primary N) is 1. The van der Waals surface area contributed by atoms with E-state index in [1.807, 2.05) is 0 Å². The van der Waals surface area contributed by atoms with Gasteiger partial charge in [0.25, 0.3) is 5.56 Å². The normalized spacial score (nSPS) is 22.9. The first kappa shape index (κ1) is 15.1. The van der Waals surface area contributed by atoms with Crippen LogP contribution in [0.1, 0.15) is 27.2 Å². The number of ether oxygens (including phenoxy) is 1. The SMILES string of the molecule is CC1CN(CCCn2cc(N)ccc2=O)CC(C)(C)O1. The number of aromatic nitrogens is 1. The average Bonchev–Trinajstić information content (AvgIpc) is 2.31. The summed E-state index contributed by atoms with van der Waals surface area (Å²) in [5.74, 6) is 0. The molecule has 20 heavy (non-hydrogen) atoms. The van der Waals surface area contributed by atoms with Crippen molar-refractivity contribution in [2.45, 2.75) is 45.4 Å². The second-order valence-electron chi connectivity index (χ2n) is 6.27. The Kier molecular flexibility index (Phi) is 4.50. The topological polar surface area (TPSA) is 60.5 Å². The lowest BCUT2D eigenvalue weighted by atomic mass is 10.1. The molecule has 1 aliphatic rings. The van der Waals surface area contributed by atoms with E-state index in [2.05, 4.69) is 25.7 Å². The van der Waals surface area contributed by atoms with E-state index in [1.54, 1.807) is 16.8 Å². The second-order valence-corrected chi connectivity index (χ2v) is 6.27. The van der Waals surface area contributed by atoms with Gasteiger partial charge in [-0.15, -0.1) is 0 Å². The molecule has 1 atom stereocenters. The molecule has 1 aliphatic heterocycles. The predicted molar refractivity (Wildman–Crippen MR) is 80.8 cm³/mol. The average molecular weight is 279 g/mol. The smallest absolute Gasteiger partial charge is 0.250 e. The van der Waals surface area contributed by atoms with Gasteiger partial charge in [0, 0.05) is 44.1 Å². The molecule has 2 heterocycles. The zero-order valence-corrected chi connectivity index (χ0v) is 12.6. The Balaban J connectivity index is 1.86. The van der Waals surface area contributed by atoms with Crippen LogP contribution in [0.25, 0.3) is 0 Å². The summed E-state index contributed by atoms with van der Waals surface area (Å²) < 4.78 is 7.57. The molecule has 2 rings (SSSR count). The minimum Gasteiger partial charge on any atom is -0.398 e. The van der Waals surface area contributed by atoms with E-state index in [0.29, 0.717) is 12.2 Å². The number of pyridine rings is 1. The monoisotopic (exact) mass is 279 g/mol. The summed E-state index contributed by atoms with van der Waals surface area (Å²) in [5, 5.41) is 0. The van der Waals surface area contributed by atoms with Crippen molar-refractivity contribution in [3.63, 3.8) is 0 Å². The molecule has 2 N–H and O–H groups in total. The van der Waals surface area contributed by atoms with Crippen LogP contribution in [0.5, 0.6) is 0 Å². The van der Waals surface area contributed by atoms with E-state index < -0.39 is 0 Å². The van der Waals surface area contributed by atoms with Crippen LogP contribution in [0.3, 0.4) is 0 Å². The molecule has 0 aliphatic carbocycles. The third kappa shape index (κ3) is 4.08. The predicted octanol–water partition coefficient (Wildman–Crippen LogP) is 1.32. The van der Waals surface area contributed by atoms with Gasteiger partial charge < -0.3 is 15.0 Å². The molecule has 1 saturated heterocycles. The van der Waals surface area contributed by atoms with E-state index in [0.717, 1.165) is 26.1 Å². The number of aryl methyl sites for hydroxylation is 1. The third-order valence-corrected chi connectivity index (χ3v) is 3.52. The van der Waals surface area contributed by atoms with Crippen molar-refractivity contribution in [3.8, 4) is 0 Å². The van der Waals surface area contributed by atoms with Crippen LogP contribution < -0.4 is 11.3 Å². The number of hydrogen-bond donors (Lipinski definition) is 1. The highest BCUT2D eigenvalue weighted by Gasteiger charge is 2.30. The molecule has 1 aromatic rings. The molecule has 0 aromatic carbocycles. The number of anilines is 1. The summed E-state index contributed by atoms with van der Waals surface area (Å²) in [4.78, 5) is 14.1. The Bertz CT molecular complexity index is 510. The first-order valence-electron chi connectivity index (χ1n) is 7.22. The summed E-state index contributed by atoms with van der Waals surface area (Å²) in [6, 6.07) is 3.17. The molecule has 1 unspecified atom stereocenters. The maximum Gasteiger partial charge on any atom is 0.250 e. The van der Waals surface area contributed by atoms with Crippen molar-refractivity contribution in [3.05, 3.63) is 28.7 Å². The summed E-state index contributed by atoms with van der Waals surface area (Å²) in [6.07, 6.45) is 2.91. The van der Waals surface area contributed by atoms with Crippen molar-refractivity contribution in [1.82, 2.24) is 9.47 Å². The Morgan fingerprint density at radius 1 is 1.40 bits per heavy atom. The molecular formula is C15H25N3O2. The maximum atomic E-state index is 11.7. The molecule has 0 amide bonds. The van der Waals surface area contributed by atoms with Crippen LogP contribution in [0.2, 0.25) is 0 Å². The van der Waals surface area contributed by atoms with Crippen molar-refractivity contribution in [2.24, 2.45) is 0 Å². The van der Waals surface area contributed by atoms with Crippen LogP contribution in [-0.4, -0.2) is 40.8 Å². The standard InChI is InChI=1S/C15H25N3O2/c1-12-9-17(11-15(2,3)20-12)7-4-8-18-10-13(16)5-6-14(18)19/h5-6,10,12H,4,7-9,11,16H2,1-3H3. The van der Waals surface area contributed by atoms with Crippen LogP contribution in [0.4, 0.5) is 5.69 Å². The summed E-state index contributed by atoms with van der Waals surface area (Å²) in [6.45, 7) is 9.92.